The molecule has 0 aromatic carbocycles. The largest absolute Gasteiger partial charge is 0.480 e. The van der Waals surface area contributed by atoms with Crippen molar-refractivity contribution in [1.29, 1.82) is 0 Å². The van der Waals surface area contributed by atoms with E-state index in [4.69, 9.17) is 9.47 Å². The Morgan fingerprint density at radius 1 is 1.25 bits per heavy atom. The highest BCUT2D eigenvalue weighted by Gasteiger charge is 2.34. The van der Waals surface area contributed by atoms with Crippen molar-refractivity contribution in [2.75, 3.05) is 20.2 Å². The summed E-state index contributed by atoms with van der Waals surface area (Å²) in [6, 6.07) is 3.46. The van der Waals surface area contributed by atoms with Crippen LogP contribution >= 0.6 is 0 Å². The summed E-state index contributed by atoms with van der Waals surface area (Å²) in [5.74, 6) is 1.50. The number of carbonyl (C=O) groups excluding carboxylic acids is 1. The zero-order valence-electron chi connectivity index (χ0n) is 11.6. The molecule has 1 aliphatic carbocycles. The highest BCUT2D eigenvalue weighted by molar-refractivity contribution is 5.79. The summed E-state index contributed by atoms with van der Waals surface area (Å²) in [6.07, 6.45) is 4.15. The fourth-order valence-electron chi connectivity index (χ4n) is 2.59. The average Bonchev–Trinajstić information content (AvgIpc) is 2.86. The number of hydrogen-bond donors (Lipinski definition) is 0. The van der Waals surface area contributed by atoms with E-state index in [9.17, 15) is 4.79 Å². The minimum Gasteiger partial charge on any atom is -0.480 e. The summed E-state index contributed by atoms with van der Waals surface area (Å²) in [5.41, 5.74) is 0. The first kappa shape index (κ1) is 13.1. The molecule has 1 saturated heterocycles. The molecule has 1 aromatic rings. The second-order valence-electron chi connectivity index (χ2n) is 5.35. The first-order valence-electron chi connectivity index (χ1n) is 7.09. The van der Waals surface area contributed by atoms with Gasteiger partial charge in [-0.05, 0) is 12.8 Å². The molecule has 6 nitrogen and oxygen atoms in total. The Balaban J connectivity index is 1.52. The molecule has 1 atom stereocenters. The molecule has 0 bridgehead atoms. The van der Waals surface area contributed by atoms with Crippen LogP contribution < -0.4 is 9.47 Å². The maximum absolute atomic E-state index is 12.1. The van der Waals surface area contributed by atoms with Crippen molar-refractivity contribution < 1.29 is 14.3 Å². The first-order chi connectivity index (χ1) is 9.76. The van der Waals surface area contributed by atoms with Gasteiger partial charge in [-0.2, -0.15) is 0 Å². The number of methoxy groups -OCH3 is 1. The number of ether oxygens (including phenoxy) is 2. The number of amides is 1. The fourth-order valence-corrected chi connectivity index (χ4v) is 2.59. The predicted molar refractivity (Wildman–Crippen MR) is 71.5 cm³/mol. The number of rotatable bonds is 4. The Kier molecular flexibility index (Phi) is 3.71. The molecular formula is C14H19N3O3. The van der Waals surface area contributed by atoms with Crippen molar-refractivity contribution in [1.82, 2.24) is 15.1 Å². The molecule has 1 amide bonds. The monoisotopic (exact) mass is 277 g/mol. The van der Waals surface area contributed by atoms with Crippen molar-refractivity contribution >= 4 is 5.91 Å². The molecule has 0 N–H and O–H groups in total. The van der Waals surface area contributed by atoms with Gasteiger partial charge in [0.15, 0.2) is 0 Å². The van der Waals surface area contributed by atoms with Crippen LogP contribution in [-0.2, 0) is 4.79 Å². The Labute approximate surface area is 118 Å². The van der Waals surface area contributed by atoms with Crippen LogP contribution in [0.4, 0.5) is 0 Å². The summed E-state index contributed by atoms with van der Waals surface area (Å²) in [5, 5.41) is 7.81. The molecule has 1 saturated carbocycles. The van der Waals surface area contributed by atoms with Crippen LogP contribution in [0.1, 0.15) is 25.7 Å². The van der Waals surface area contributed by atoms with E-state index in [1.807, 2.05) is 4.90 Å². The minimum atomic E-state index is 0.0155. The normalized spacial score (nSPS) is 22.4. The molecule has 1 aliphatic heterocycles. The first-order valence-corrected chi connectivity index (χ1v) is 7.09. The lowest BCUT2D eigenvalue weighted by atomic mass is 9.84. The highest BCUT2D eigenvalue weighted by Crippen LogP contribution is 2.30. The minimum absolute atomic E-state index is 0.0155. The van der Waals surface area contributed by atoms with Gasteiger partial charge in [0, 0.05) is 31.0 Å². The van der Waals surface area contributed by atoms with E-state index in [-0.39, 0.29) is 12.0 Å². The summed E-state index contributed by atoms with van der Waals surface area (Å²) in [4.78, 5) is 14.1. The number of hydrogen-bond acceptors (Lipinski definition) is 5. The van der Waals surface area contributed by atoms with Crippen LogP contribution in [0, 0.1) is 5.92 Å². The quantitative estimate of drug-likeness (QED) is 0.829. The van der Waals surface area contributed by atoms with E-state index in [1.54, 1.807) is 19.2 Å². The lowest BCUT2D eigenvalue weighted by Gasteiger charge is -2.29. The Hall–Kier alpha value is -1.85. The Morgan fingerprint density at radius 2 is 2.00 bits per heavy atom. The zero-order chi connectivity index (χ0) is 13.9. The average molecular weight is 277 g/mol. The summed E-state index contributed by atoms with van der Waals surface area (Å²) in [7, 11) is 1.55. The van der Waals surface area contributed by atoms with Crippen LogP contribution in [0.5, 0.6) is 11.8 Å². The molecule has 6 heteroatoms. The second kappa shape index (κ2) is 5.64. The van der Waals surface area contributed by atoms with E-state index in [0.29, 0.717) is 24.2 Å². The fraction of sp³-hybridized carbons (Fsp3) is 0.643. The molecule has 1 unspecified atom stereocenters. The van der Waals surface area contributed by atoms with Gasteiger partial charge in [0.05, 0.1) is 13.7 Å². The summed E-state index contributed by atoms with van der Waals surface area (Å²) < 4.78 is 10.7. The van der Waals surface area contributed by atoms with Gasteiger partial charge in [0.25, 0.3) is 0 Å². The van der Waals surface area contributed by atoms with E-state index in [2.05, 4.69) is 10.2 Å². The van der Waals surface area contributed by atoms with Gasteiger partial charge in [-0.25, -0.2) is 0 Å². The Morgan fingerprint density at radius 3 is 2.60 bits per heavy atom. The summed E-state index contributed by atoms with van der Waals surface area (Å²) in [6.45, 7) is 1.44. The molecule has 108 valence electrons. The van der Waals surface area contributed by atoms with Gasteiger partial charge in [0.2, 0.25) is 17.7 Å². The number of likely N-dealkylation sites (tertiary alicyclic amines) is 1. The van der Waals surface area contributed by atoms with Crippen molar-refractivity contribution in [3.63, 3.8) is 0 Å². The smallest absolute Gasteiger partial charge is 0.233 e. The van der Waals surface area contributed by atoms with Crippen molar-refractivity contribution in [2.45, 2.75) is 31.8 Å². The molecule has 20 heavy (non-hydrogen) atoms. The third kappa shape index (κ3) is 2.69. The SMILES string of the molecule is COc1ccc(OC2CCN(C(=O)C3CCC3)C2)nn1. The van der Waals surface area contributed by atoms with Crippen LogP contribution in [-0.4, -0.2) is 47.3 Å². The second-order valence-corrected chi connectivity index (χ2v) is 5.35. The number of carbonyl (C=O) groups is 1. The van der Waals surface area contributed by atoms with Gasteiger partial charge in [-0.1, -0.05) is 6.42 Å². The van der Waals surface area contributed by atoms with E-state index < -0.39 is 0 Å². The van der Waals surface area contributed by atoms with Crippen molar-refractivity contribution in [2.24, 2.45) is 5.92 Å². The van der Waals surface area contributed by atoms with E-state index in [1.165, 1.54) is 6.42 Å². The van der Waals surface area contributed by atoms with Crippen LogP contribution in [0.15, 0.2) is 12.1 Å². The molecular weight excluding hydrogens is 258 g/mol. The van der Waals surface area contributed by atoms with Gasteiger partial charge >= 0.3 is 0 Å². The predicted octanol–water partition coefficient (Wildman–Crippen LogP) is 1.26. The van der Waals surface area contributed by atoms with Crippen molar-refractivity contribution in [3.05, 3.63) is 12.1 Å². The Bertz CT molecular complexity index is 473. The van der Waals surface area contributed by atoms with Crippen LogP contribution in [0.2, 0.25) is 0 Å². The molecule has 2 aliphatic rings. The summed E-state index contributed by atoms with van der Waals surface area (Å²) >= 11 is 0. The lowest BCUT2D eigenvalue weighted by Crippen LogP contribution is -2.38. The van der Waals surface area contributed by atoms with Gasteiger partial charge < -0.3 is 14.4 Å². The molecule has 2 heterocycles. The maximum atomic E-state index is 12.1. The number of nitrogens with zero attached hydrogens (tertiary/aromatic N) is 3. The number of aromatic nitrogens is 2. The highest BCUT2D eigenvalue weighted by atomic mass is 16.5. The van der Waals surface area contributed by atoms with E-state index >= 15 is 0 Å². The standard InChI is InChI=1S/C14H19N3O3/c1-19-12-5-6-13(16-15-12)20-11-7-8-17(9-11)14(18)10-3-2-4-10/h5-6,10-11H,2-4,7-9H2,1H3. The third-order valence-electron chi connectivity index (χ3n) is 4.02. The zero-order valence-corrected chi connectivity index (χ0v) is 11.6. The third-order valence-corrected chi connectivity index (χ3v) is 4.02. The van der Waals surface area contributed by atoms with Gasteiger partial charge in [0.1, 0.15) is 6.10 Å². The molecule has 3 rings (SSSR count). The van der Waals surface area contributed by atoms with Crippen LogP contribution in [0.3, 0.4) is 0 Å². The molecule has 0 radical (unpaired) electrons. The van der Waals surface area contributed by atoms with Gasteiger partial charge in [-0.3, -0.25) is 4.79 Å². The van der Waals surface area contributed by atoms with Gasteiger partial charge in [-0.15, -0.1) is 10.2 Å². The van der Waals surface area contributed by atoms with Crippen LogP contribution in [0.25, 0.3) is 0 Å². The molecule has 1 aromatic heterocycles. The maximum Gasteiger partial charge on any atom is 0.233 e. The van der Waals surface area contributed by atoms with E-state index in [0.717, 1.165) is 25.8 Å². The molecule has 2 fully saturated rings. The lowest BCUT2D eigenvalue weighted by molar-refractivity contribution is -0.137. The van der Waals surface area contributed by atoms with Crippen molar-refractivity contribution in [3.8, 4) is 11.8 Å². The topological polar surface area (TPSA) is 64.6 Å². The molecule has 0 spiro atoms.